The van der Waals surface area contributed by atoms with Crippen molar-refractivity contribution in [2.75, 3.05) is 13.1 Å². The van der Waals surface area contributed by atoms with Crippen LogP contribution in [0.5, 0.6) is 0 Å². The minimum Gasteiger partial charge on any atom is -0.329 e. The van der Waals surface area contributed by atoms with E-state index in [1.807, 2.05) is 0 Å². The van der Waals surface area contributed by atoms with Gasteiger partial charge in [-0.05, 0) is 30.9 Å². The molecule has 0 fully saturated rings. The lowest BCUT2D eigenvalue weighted by Crippen LogP contribution is -2.36. The van der Waals surface area contributed by atoms with Gasteiger partial charge in [-0.2, -0.15) is 0 Å². The van der Waals surface area contributed by atoms with Crippen LogP contribution in [0.25, 0.3) is 0 Å². The Balaban J connectivity index is 2.46. The van der Waals surface area contributed by atoms with Crippen LogP contribution in [0.4, 0.5) is 0 Å². The topological polar surface area (TPSA) is 38.0 Å². The number of rotatable bonds is 6. The van der Waals surface area contributed by atoms with Gasteiger partial charge in [-0.3, -0.25) is 0 Å². The summed E-state index contributed by atoms with van der Waals surface area (Å²) in [7, 11) is 0. The van der Waals surface area contributed by atoms with Crippen molar-refractivity contribution in [2.45, 2.75) is 38.6 Å². The average molecular weight is 220 g/mol. The van der Waals surface area contributed by atoms with Gasteiger partial charge in [0, 0.05) is 12.6 Å². The molecule has 0 aromatic heterocycles. The normalized spacial score (nSPS) is 13.8. The Morgan fingerprint density at radius 2 is 1.88 bits per heavy atom. The number of hydrogen-bond donors (Lipinski definition) is 2. The summed E-state index contributed by atoms with van der Waals surface area (Å²) >= 11 is 0. The van der Waals surface area contributed by atoms with Gasteiger partial charge in [-0.25, -0.2) is 0 Å². The van der Waals surface area contributed by atoms with Crippen LogP contribution in [-0.2, 0) is 5.41 Å². The van der Waals surface area contributed by atoms with E-state index in [2.05, 4.69) is 56.4 Å². The summed E-state index contributed by atoms with van der Waals surface area (Å²) in [6.45, 7) is 8.41. The van der Waals surface area contributed by atoms with Crippen LogP contribution in [0.15, 0.2) is 30.3 Å². The van der Waals surface area contributed by atoms with Gasteiger partial charge in [0.15, 0.2) is 0 Å². The van der Waals surface area contributed by atoms with E-state index in [1.165, 1.54) is 5.56 Å². The predicted molar refractivity (Wildman–Crippen MR) is 70.6 cm³/mol. The Morgan fingerprint density at radius 3 is 2.44 bits per heavy atom. The van der Waals surface area contributed by atoms with Crippen molar-refractivity contribution in [2.24, 2.45) is 5.73 Å². The molecule has 1 rings (SSSR count). The van der Waals surface area contributed by atoms with Gasteiger partial charge in [0.1, 0.15) is 0 Å². The molecule has 0 saturated heterocycles. The van der Waals surface area contributed by atoms with Crippen LogP contribution in [0, 0.1) is 0 Å². The van der Waals surface area contributed by atoms with E-state index >= 15 is 0 Å². The first-order chi connectivity index (χ1) is 7.56. The van der Waals surface area contributed by atoms with Gasteiger partial charge < -0.3 is 11.1 Å². The summed E-state index contributed by atoms with van der Waals surface area (Å²) < 4.78 is 0. The van der Waals surface area contributed by atoms with Gasteiger partial charge in [-0.15, -0.1) is 0 Å². The Hall–Kier alpha value is -0.860. The highest BCUT2D eigenvalue weighted by Crippen LogP contribution is 2.25. The lowest BCUT2D eigenvalue weighted by atomic mass is 9.81. The molecule has 1 aromatic rings. The molecule has 16 heavy (non-hydrogen) atoms. The molecular formula is C14H24N2. The standard InChI is InChI=1S/C14H24N2/c1-12(11-15)16-10-9-14(2,3)13-7-5-4-6-8-13/h4-8,12,16H,9-11,15H2,1-3H3/t12-/m1/s1. The number of benzene rings is 1. The second kappa shape index (κ2) is 6.02. The predicted octanol–water partition coefficient (Wildman–Crippen LogP) is 2.29. The Kier molecular flexibility index (Phi) is 4.97. The number of nitrogens with one attached hydrogen (secondary N) is 1. The Morgan fingerprint density at radius 1 is 1.25 bits per heavy atom. The summed E-state index contributed by atoms with van der Waals surface area (Å²) in [6, 6.07) is 11.1. The lowest BCUT2D eigenvalue weighted by Gasteiger charge is -2.26. The van der Waals surface area contributed by atoms with Crippen molar-refractivity contribution < 1.29 is 0 Å². The molecular weight excluding hydrogens is 196 g/mol. The van der Waals surface area contributed by atoms with Crippen LogP contribution in [0.2, 0.25) is 0 Å². The molecule has 0 heterocycles. The fraction of sp³-hybridized carbons (Fsp3) is 0.571. The van der Waals surface area contributed by atoms with E-state index in [4.69, 9.17) is 5.73 Å². The molecule has 0 bridgehead atoms. The quantitative estimate of drug-likeness (QED) is 0.772. The number of hydrogen-bond acceptors (Lipinski definition) is 2. The highest BCUT2D eigenvalue weighted by molar-refractivity contribution is 5.23. The van der Waals surface area contributed by atoms with Crippen LogP contribution >= 0.6 is 0 Å². The highest BCUT2D eigenvalue weighted by atomic mass is 14.9. The third-order valence-electron chi connectivity index (χ3n) is 3.15. The molecule has 0 spiro atoms. The summed E-state index contributed by atoms with van der Waals surface area (Å²) in [5.41, 5.74) is 7.20. The van der Waals surface area contributed by atoms with Crippen LogP contribution in [0.1, 0.15) is 32.8 Å². The van der Waals surface area contributed by atoms with Crippen molar-refractivity contribution >= 4 is 0 Å². The monoisotopic (exact) mass is 220 g/mol. The van der Waals surface area contributed by atoms with E-state index in [1.54, 1.807) is 0 Å². The molecule has 0 radical (unpaired) electrons. The first-order valence-corrected chi connectivity index (χ1v) is 6.05. The largest absolute Gasteiger partial charge is 0.329 e. The molecule has 0 saturated carbocycles. The molecule has 0 aliphatic heterocycles. The third kappa shape index (κ3) is 3.95. The van der Waals surface area contributed by atoms with Crippen LogP contribution in [0.3, 0.4) is 0 Å². The van der Waals surface area contributed by atoms with E-state index < -0.39 is 0 Å². The van der Waals surface area contributed by atoms with Crippen molar-refractivity contribution in [1.82, 2.24) is 5.32 Å². The maximum Gasteiger partial charge on any atom is 0.0161 e. The van der Waals surface area contributed by atoms with Gasteiger partial charge in [0.25, 0.3) is 0 Å². The van der Waals surface area contributed by atoms with Crippen molar-refractivity contribution in [3.63, 3.8) is 0 Å². The van der Waals surface area contributed by atoms with E-state index in [0.717, 1.165) is 13.0 Å². The molecule has 2 heteroatoms. The maximum absolute atomic E-state index is 5.57. The molecule has 0 aliphatic rings. The molecule has 1 atom stereocenters. The second-order valence-corrected chi connectivity index (χ2v) is 5.09. The molecule has 3 N–H and O–H groups in total. The third-order valence-corrected chi connectivity index (χ3v) is 3.15. The lowest BCUT2D eigenvalue weighted by molar-refractivity contribution is 0.435. The molecule has 0 aliphatic carbocycles. The van der Waals surface area contributed by atoms with Gasteiger partial charge in [0.2, 0.25) is 0 Å². The van der Waals surface area contributed by atoms with Crippen molar-refractivity contribution in [3.8, 4) is 0 Å². The number of nitrogens with two attached hydrogens (primary N) is 1. The van der Waals surface area contributed by atoms with Crippen LogP contribution < -0.4 is 11.1 Å². The summed E-state index contributed by atoms with van der Waals surface area (Å²) in [4.78, 5) is 0. The van der Waals surface area contributed by atoms with E-state index in [0.29, 0.717) is 12.6 Å². The average Bonchev–Trinajstić information content (AvgIpc) is 2.30. The van der Waals surface area contributed by atoms with Crippen LogP contribution in [-0.4, -0.2) is 19.1 Å². The summed E-state index contributed by atoms with van der Waals surface area (Å²) in [6.07, 6.45) is 1.13. The molecule has 90 valence electrons. The van der Waals surface area contributed by atoms with Gasteiger partial charge >= 0.3 is 0 Å². The first-order valence-electron chi connectivity index (χ1n) is 6.05. The Labute approximate surface area is 99.2 Å². The molecule has 0 unspecified atom stereocenters. The van der Waals surface area contributed by atoms with Gasteiger partial charge in [0.05, 0.1) is 0 Å². The summed E-state index contributed by atoms with van der Waals surface area (Å²) in [5, 5.41) is 3.43. The van der Waals surface area contributed by atoms with Gasteiger partial charge in [-0.1, -0.05) is 44.2 Å². The minimum atomic E-state index is 0.225. The van der Waals surface area contributed by atoms with E-state index in [-0.39, 0.29) is 5.41 Å². The first kappa shape index (κ1) is 13.2. The maximum atomic E-state index is 5.57. The van der Waals surface area contributed by atoms with Crippen molar-refractivity contribution in [1.29, 1.82) is 0 Å². The second-order valence-electron chi connectivity index (χ2n) is 5.09. The smallest absolute Gasteiger partial charge is 0.0161 e. The molecule has 2 nitrogen and oxygen atoms in total. The zero-order valence-corrected chi connectivity index (χ0v) is 10.7. The highest BCUT2D eigenvalue weighted by Gasteiger charge is 2.19. The van der Waals surface area contributed by atoms with Crippen molar-refractivity contribution in [3.05, 3.63) is 35.9 Å². The molecule has 0 amide bonds. The summed E-state index contributed by atoms with van der Waals surface area (Å²) in [5.74, 6) is 0. The zero-order chi connectivity index (χ0) is 12.0. The SMILES string of the molecule is C[C@H](CN)NCCC(C)(C)c1ccccc1. The molecule has 1 aromatic carbocycles. The fourth-order valence-electron chi connectivity index (χ4n) is 1.75. The Bertz CT molecular complexity index is 293. The fourth-order valence-corrected chi connectivity index (χ4v) is 1.75. The zero-order valence-electron chi connectivity index (χ0n) is 10.7. The van der Waals surface area contributed by atoms with E-state index in [9.17, 15) is 0 Å². The minimum absolute atomic E-state index is 0.225.